The number of benzene rings is 1. The van der Waals surface area contributed by atoms with Gasteiger partial charge in [0.25, 0.3) is 5.91 Å². The average molecular weight is 350 g/mol. The van der Waals surface area contributed by atoms with Crippen LogP contribution in [-0.4, -0.2) is 37.9 Å². The maximum Gasteiger partial charge on any atom is 0.270 e. The van der Waals surface area contributed by atoms with Crippen LogP contribution in [0.3, 0.4) is 0 Å². The zero-order valence-corrected chi connectivity index (χ0v) is 14.7. The molecule has 0 aliphatic heterocycles. The summed E-state index contributed by atoms with van der Waals surface area (Å²) in [7, 11) is 0. The van der Waals surface area contributed by atoms with Gasteiger partial charge in [0.05, 0.1) is 29.2 Å². The minimum absolute atomic E-state index is 0.116. The zero-order valence-electron chi connectivity index (χ0n) is 14.7. The predicted molar refractivity (Wildman–Crippen MR) is 99.3 cm³/mol. The molecular weight excluding hydrogens is 328 g/mol. The van der Waals surface area contributed by atoms with E-state index in [2.05, 4.69) is 15.4 Å². The first-order valence-electron chi connectivity index (χ1n) is 9.01. The van der Waals surface area contributed by atoms with Crippen molar-refractivity contribution in [2.45, 2.75) is 44.8 Å². The highest BCUT2D eigenvalue weighted by molar-refractivity contribution is 5.92. The molecule has 0 unspecified atom stereocenters. The Morgan fingerprint density at radius 2 is 1.92 bits per heavy atom. The predicted octanol–water partition coefficient (Wildman–Crippen LogP) is 2.76. The lowest BCUT2D eigenvalue weighted by molar-refractivity contribution is 0.0863. The molecule has 0 bridgehead atoms. The number of hydrogen-bond acceptors (Lipinski definition) is 4. The van der Waals surface area contributed by atoms with Gasteiger partial charge in [-0.3, -0.25) is 4.79 Å². The van der Waals surface area contributed by atoms with Crippen LogP contribution in [-0.2, 0) is 0 Å². The van der Waals surface area contributed by atoms with Gasteiger partial charge in [-0.25, -0.2) is 9.67 Å². The Kier molecular flexibility index (Phi) is 4.42. The molecular formula is C20H22N4O2. The molecule has 2 N–H and O–H groups in total. The first kappa shape index (κ1) is 16.7. The number of rotatable bonds is 3. The lowest BCUT2D eigenvalue weighted by atomic mass is 9.93. The molecule has 6 nitrogen and oxygen atoms in total. The number of hydrogen-bond donors (Lipinski definition) is 2. The molecule has 0 radical (unpaired) electrons. The molecule has 1 aliphatic carbocycles. The molecule has 1 amide bonds. The molecule has 26 heavy (non-hydrogen) atoms. The van der Waals surface area contributed by atoms with Gasteiger partial charge in [-0.1, -0.05) is 18.2 Å². The smallest absolute Gasteiger partial charge is 0.270 e. The van der Waals surface area contributed by atoms with Gasteiger partial charge in [0.2, 0.25) is 0 Å². The number of fused-ring (bicyclic) bond motifs is 1. The highest BCUT2D eigenvalue weighted by Gasteiger charge is 2.21. The van der Waals surface area contributed by atoms with Gasteiger partial charge in [-0.15, -0.1) is 0 Å². The fourth-order valence-corrected chi connectivity index (χ4v) is 3.54. The monoisotopic (exact) mass is 350 g/mol. The van der Waals surface area contributed by atoms with Crippen molar-refractivity contribution in [3.8, 4) is 5.69 Å². The van der Waals surface area contributed by atoms with Crippen molar-refractivity contribution in [2.24, 2.45) is 0 Å². The summed E-state index contributed by atoms with van der Waals surface area (Å²) < 4.78 is 1.85. The van der Waals surface area contributed by atoms with E-state index in [1.807, 2.05) is 41.9 Å². The van der Waals surface area contributed by atoms with Crippen LogP contribution in [0.25, 0.3) is 16.6 Å². The Morgan fingerprint density at radius 3 is 2.65 bits per heavy atom. The molecule has 1 aromatic carbocycles. The minimum Gasteiger partial charge on any atom is -0.393 e. The molecule has 0 saturated heterocycles. The van der Waals surface area contributed by atoms with E-state index >= 15 is 0 Å². The molecule has 2 aromatic heterocycles. The third kappa shape index (κ3) is 3.20. The fourth-order valence-electron chi connectivity index (χ4n) is 3.54. The van der Waals surface area contributed by atoms with Crippen molar-refractivity contribution >= 4 is 16.8 Å². The Bertz CT molecular complexity index is 925. The summed E-state index contributed by atoms with van der Waals surface area (Å²) in [4.78, 5) is 16.7. The maximum absolute atomic E-state index is 12.4. The molecule has 3 aromatic rings. The molecule has 4 rings (SSSR count). The Balaban J connectivity index is 1.52. The quantitative estimate of drug-likeness (QED) is 0.761. The summed E-state index contributed by atoms with van der Waals surface area (Å²) in [5.74, 6) is -0.167. The number of aryl methyl sites for hydroxylation is 1. The van der Waals surface area contributed by atoms with E-state index in [1.54, 1.807) is 12.3 Å². The summed E-state index contributed by atoms with van der Waals surface area (Å²) in [5.41, 5.74) is 3.20. The van der Waals surface area contributed by atoms with Gasteiger partial charge in [0, 0.05) is 11.4 Å². The van der Waals surface area contributed by atoms with Crippen molar-refractivity contribution in [1.29, 1.82) is 0 Å². The van der Waals surface area contributed by atoms with Crippen molar-refractivity contribution in [2.75, 3.05) is 0 Å². The number of aliphatic hydroxyl groups is 1. The highest BCUT2D eigenvalue weighted by atomic mass is 16.3. The van der Waals surface area contributed by atoms with Gasteiger partial charge < -0.3 is 10.4 Å². The van der Waals surface area contributed by atoms with Crippen LogP contribution in [0, 0.1) is 6.92 Å². The van der Waals surface area contributed by atoms with Crippen LogP contribution in [0.2, 0.25) is 0 Å². The summed E-state index contributed by atoms with van der Waals surface area (Å²) in [6, 6.07) is 11.8. The molecule has 0 spiro atoms. The number of aromatic nitrogens is 3. The number of amides is 1. The van der Waals surface area contributed by atoms with Gasteiger partial charge in [0.15, 0.2) is 0 Å². The van der Waals surface area contributed by atoms with Crippen molar-refractivity contribution < 1.29 is 9.90 Å². The number of aliphatic hydroxyl groups excluding tert-OH is 1. The topological polar surface area (TPSA) is 80.0 Å². The number of carbonyl (C=O) groups excluding carboxylic acids is 1. The second-order valence-electron chi connectivity index (χ2n) is 6.89. The van der Waals surface area contributed by atoms with Gasteiger partial charge in [-0.2, -0.15) is 5.10 Å². The molecule has 1 saturated carbocycles. The lowest BCUT2D eigenvalue weighted by Gasteiger charge is -2.26. The number of nitrogens with one attached hydrogen (secondary N) is 1. The second kappa shape index (κ2) is 6.88. The highest BCUT2D eigenvalue weighted by Crippen LogP contribution is 2.21. The molecule has 6 heteroatoms. The summed E-state index contributed by atoms with van der Waals surface area (Å²) >= 11 is 0. The Morgan fingerprint density at radius 1 is 1.15 bits per heavy atom. The number of para-hydroxylation sites is 1. The fraction of sp³-hybridized carbons (Fsp3) is 0.350. The first-order valence-corrected chi connectivity index (χ1v) is 9.01. The standard InChI is InChI=1S/C20H22N4O2/c1-13-17-4-2-3-5-19(17)24(23-13)15-8-11-18(21-12-15)20(26)22-14-6-9-16(25)10-7-14/h2-5,8,11-12,14,16,25H,6-7,9-10H2,1H3,(H,22,26). The van der Waals surface area contributed by atoms with E-state index in [-0.39, 0.29) is 18.1 Å². The molecule has 2 heterocycles. The zero-order chi connectivity index (χ0) is 18.1. The van der Waals surface area contributed by atoms with E-state index < -0.39 is 0 Å². The van der Waals surface area contributed by atoms with Crippen molar-refractivity contribution in [3.05, 3.63) is 54.0 Å². The van der Waals surface area contributed by atoms with Crippen molar-refractivity contribution in [1.82, 2.24) is 20.1 Å². The maximum atomic E-state index is 12.4. The number of nitrogens with zero attached hydrogens (tertiary/aromatic N) is 3. The molecule has 1 fully saturated rings. The Labute approximate surface area is 151 Å². The van der Waals surface area contributed by atoms with Crippen LogP contribution in [0.5, 0.6) is 0 Å². The van der Waals surface area contributed by atoms with Gasteiger partial charge in [-0.05, 0) is 50.8 Å². The van der Waals surface area contributed by atoms with Crippen LogP contribution in [0.1, 0.15) is 41.9 Å². The van der Waals surface area contributed by atoms with Crippen LogP contribution in [0.4, 0.5) is 0 Å². The normalized spacial score (nSPS) is 20.2. The van der Waals surface area contributed by atoms with Crippen LogP contribution >= 0.6 is 0 Å². The SMILES string of the molecule is Cc1nn(-c2ccc(C(=O)NC3CCC(O)CC3)nc2)c2ccccc12. The van der Waals surface area contributed by atoms with Gasteiger partial charge >= 0.3 is 0 Å². The minimum atomic E-state index is -0.229. The van der Waals surface area contributed by atoms with Crippen LogP contribution < -0.4 is 5.32 Å². The molecule has 134 valence electrons. The number of carbonyl (C=O) groups is 1. The molecule has 0 atom stereocenters. The average Bonchev–Trinajstić information content (AvgIpc) is 3.01. The van der Waals surface area contributed by atoms with E-state index in [4.69, 9.17) is 0 Å². The number of pyridine rings is 1. The Hall–Kier alpha value is -2.73. The van der Waals surface area contributed by atoms with E-state index in [0.29, 0.717) is 5.69 Å². The van der Waals surface area contributed by atoms with Crippen molar-refractivity contribution in [3.63, 3.8) is 0 Å². The lowest BCUT2D eigenvalue weighted by Crippen LogP contribution is -2.38. The van der Waals surface area contributed by atoms with E-state index in [0.717, 1.165) is 48.0 Å². The van der Waals surface area contributed by atoms with E-state index in [9.17, 15) is 9.90 Å². The van der Waals surface area contributed by atoms with Gasteiger partial charge in [0.1, 0.15) is 5.69 Å². The largest absolute Gasteiger partial charge is 0.393 e. The third-order valence-electron chi connectivity index (χ3n) is 5.03. The summed E-state index contributed by atoms with van der Waals surface area (Å²) in [6.07, 6.45) is 4.55. The summed E-state index contributed by atoms with van der Waals surface area (Å²) in [5, 5.41) is 18.3. The van der Waals surface area contributed by atoms with Crippen LogP contribution in [0.15, 0.2) is 42.6 Å². The third-order valence-corrected chi connectivity index (χ3v) is 5.03. The summed E-state index contributed by atoms with van der Waals surface area (Å²) in [6.45, 7) is 1.98. The second-order valence-corrected chi connectivity index (χ2v) is 6.89. The molecule has 1 aliphatic rings. The van der Waals surface area contributed by atoms with E-state index in [1.165, 1.54) is 0 Å². The first-order chi connectivity index (χ1) is 12.6.